The molecule has 0 aliphatic carbocycles. The van der Waals surface area contributed by atoms with Gasteiger partial charge in [0.25, 0.3) is 5.56 Å². The molecule has 1 aromatic carbocycles. The number of furan rings is 1. The van der Waals surface area contributed by atoms with Crippen molar-refractivity contribution in [3.8, 4) is 0 Å². The zero-order valence-electron chi connectivity index (χ0n) is 13.2. The van der Waals surface area contributed by atoms with Crippen molar-refractivity contribution >= 4 is 33.8 Å². The first kappa shape index (κ1) is 14.9. The summed E-state index contributed by atoms with van der Waals surface area (Å²) in [5.41, 5.74) is 3.89. The Labute approximate surface area is 142 Å². The molecule has 0 bridgehead atoms. The van der Waals surface area contributed by atoms with Gasteiger partial charge in [-0.3, -0.25) is 9.36 Å². The lowest BCUT2D eigenvalue weighted by atomic mass is 10.2. The Hall–Kier alpha value is -2.66. The first-order valence-electron chi connectivity index (χ1n) is 7.53. The lowest BCUT2D eigenvalue weighted by Gasteiger charge is -2.05. The molecule has 4 aromatic rings. The number of hydrogen-bond donors (Lipinski definition) is 0. The van der Waals surface area contributed by atoms with Crippen LogP contribution >= 0.6 is 11.6 Å². The minimum Gasteiger partial charge on any atom is -0.430 e. The molecule has 0 saturated carbocycles. The minimum atomic E-state index is -0.219. The summed E-state index contributed by atoms with van der Waals surface area (Å²) in [7, 11) is 0. The molecular formula is C18H14ClN3O2. The van der Waals surface area contributed by atoms with Gasteiger partial charge in [-0.2, -0.15) is 0 Å². The zero-order valence-corrected chi connectivity index (χ0v) is 14.0. The standard InChI is InChI=1S/C18H14ClN3O2/c1-10-7-14-15-16(24-17(14)21-11(10)2)18(23)22(9-20-15)8-12-3-5-13(19)6-4-12/h3-7,9H,8H2,1-2H3. The third kappa shape index (κ3) is 2.37. The van der Waals surface area contributed by atoms with Gasteiger partial charge in [-0.25, -0.2) is 9.97 Å². The van der Waals surface area contributed by atoms with Crippen molar-refractivity contribution in [3.05, 3.63) is 68.9 Å². The normalized spacial score (nSPS) is 11.5. The average molecular weight is 340 g/mol. The first-order valence-corrected chi connectivity index (χ1v) is 7.91. The maximum Gasteiger partial charge on any atom is 0.297 e. The largest absolute Gasteiger partial charge is 0.430 e. The molecule has 0 atom stereocenters. The molecule has 0 aliphatic heterocycles. The number of fused-ring (bicyclic) bond motifs is 3. The fraction of sp³-hybridized carbons (Fsp3) is 0.167. The highest BCUT2D eigenvalue weighted by molar-refractivity contribution is 6.30. The molecule has 0 N–H and O–H groups in total. The maximum absolute atomic E-state index is 12.7. The predicted molar refractivity (Wildman–Crippen MR) is 93.6 cm³/mol. The Balaban J connectivity index is 1.87. The van der Waals surface area contributed by atoms with Gasteiger partial charge in [-0.1, -0.05) is 23.7 Å². The van der Waals surface area contributed by atoms with Gasteiger partial charge in [0.2, 0.25) is 11.3 Å². The van der Waals surface area contributed by atoms with Crippen LogP contribution < -0.4 is 5.56 Å². The van der Waals surface area contributed by atoms with Gasteiger partial charge < -0.3 is 4.42 Å². The highest BCUT2D eigenvalue weighted by Crippen LogP contribution is 2.25. The quantitative estimate of drug-likeness (QED) is 0.556. The summed E-state index contributed by atoms with van der Waals surface area (Å²) in [6, 6.07) is 9.31. The molecule has 0 saturated heterocycles. The Kier molecular flexibility index (Phi) is 3.39. The Bertz CT molecular complexity index is 1130. The van der Waals surface area contributed by atoms with Crippen LogP contribution in [-0.2, 0) is 6.54 Å². The molecule has 0 amide bonds. The van der Waals surface area contributed by atoms with Crippen LogP contribution in [0.1, 0.15) is 16.8 Å². The van der Waals surface area contributed by atoms with Gasteiger partial charge >= 0.3 is 0 Å². The number of nitrogens with zero attached hydrogens (tertiary/aromatic N) is 3. The van der Waals surface area contributed by atoms with Crippen LogP contribution in [-0.4, -0.2) is 14.5 Å². The van der Waals surface area contributed by atoms with E-state index in [0.29, 0.717) is 22.8 Å². The molecule has 6 heteroatoms. The number of pyridine rings is 1. The molecule has 120 valence electrons. The van der Waals surface area contributed by atoms with E-state index in [1.54, 1.807) is 18.5 Å². The second kappa shape index (κ2) is 5.46. The molecule has 4 rings (SSSR count). The molecule has 24 heavy (non-hydrogen) atoms. The summed E-state index contributed by atoms with van der Waals surface area (Å²) in [5.74, 6) is 0. The topological polar surface area (TPSA) is 60.9 Å². The molecular weight excluding hydrogens is 326 g/mol. The van der Waals surface area contributed by atoms with Crippen molar-refractivity contribution < 1.29 is 4.42 Å². The first-order chi connectivity index (χ1) is 11.5. The Morgan fingerprint density at radius 3 is 2.71 bits per heavy atom. The summed E-state index contributed by atoms with van der Waals surface area (Å²) in [4.78, 5) is 21.5. The number of aromatic nitrogens is 3. The SMILES string of the molecule is Cc1cc2c(nc1C)oc1c(=O)n(Cc3ccc(Cl)cc3)cnc12. The minimum absolute atomic E-state index is 0.219. The summed E-state index contributed by atoms with van der Waals surface area (Å²) in [5, 5.41) is 1.43. The van der Waals surface area contributed by atoms with Crippen LogP contribution in [0.25, 0.3) is 22.2 Å². The molecule has 3 aromatic heterocycles. The van der Waals surface area contributed by atoms with E-state index in [1.165, 1.54) is 4.57 Å². The number of aryl methyl sites for hydroxylation is 2. The summed E-state index contributed by atoms with van der Waals surface area (Å²) in [6.45, 7) is 4.29. The number of hydrogen-bond acceptors (Lipinski definition) is 4. The van der Waals surface area contributed by atoms with Gasteiger partial charge in [0.15, 0.2) is 0 Å². The van der Waals surface area contributed by atoms with E-state index < -0.39 is 0 Å². The second-order valence-electron chi connectivity index (χ2n) is 5.83. The third-order valence-corrected chi connectivity index (χ3v) is 4.40. The van der Waals surface area contributed by atoms with E-state index in [0.717, 1.165) is 22.2 Å². The number of halogens is 1. The second-order valence-corrected chi connectivity index (χ2v) is 6.26. The fourth-order valence-corrected chi connectivity index (χ4v) is 2.81. The van der Waals surface area contributed by atoms with E-state index >= 15 is 0 Å². The van der Waals surface area contributed by atoms with E-state index in [4.69, 9.17) is 16.0 Å². The molecule has 0 aliphatic rings. The lowest BCUT2D eigenvalue weighted by molar-refractivity contribution is 0.630. The molecule has 0 radical (unpaired) electrons. The van der Waals surface area contributed by atoms with Crippen molar-refractivity contribution in [2.24, 2.45) is 0 Å². The van der Waals surface area contributed by atoms with Crippen molar-refractivity contribution in [1.82, 2.24) is 14.5 Å². The monoisotopic (exact) mass is 339 g/mol. The highest BCUT2D eigenvalue weighted by Gasteiger charge is 2.15. The van der Waals surface area contributed by atoms with E-state index in [9.17, 15) is 4.79 Å². The van der Waals surface area contributed by atoms with E-state index in [2.05, 4.69) is 9.97 Å². The van der Waals surface area contributed by atoms with E-state index in [-0.39, 0.29) is 11.1 Å². The highest BCUT2D eigenvalue weighted by atomic mass is 35.5. The van der Waals surface area contributed by atoms with Crippen molar-refractivity contribution in [1.29, 1.82) is 0 Å². The van der Waals surface area contributed by atoms with Gasteiger partial charge in [-0.05, 0) is 43.2 Å². The zero-order chi connectivity index (χ0) is 16.8. The van der Waals surface area contributed by atoms with Crippen molar-refractivity contribution in [2.75, 3.05) is 0 Å². The van der Waals surface area contributed by atoms with Crippen molar-refractivity contribution in [3.63, 3.8) is 0 Å². The predicted octanol–water partition coefficient (Wildman–Crippen LogP) is 3.86. The van der Waals surface area contributed by atoms with Crippen LogP contribution in [0.3, 0.4) is 0 Å². The number of rotatable bonds is 2. The average Bonchev–Trinajstić information content (AvgIpc) is 2.91. The smallest absolute Gasteiger partial charge is 0.297 e. The Morgan fingerprint density at radius 1 is 1.21 bits per heavy atom. The van der Waals surface area contributed by atoms with Gasteiger partial charge in [0, 0.05) is 10.7 Å². The molecule has 0 fully saturated rings. The summed E-state index contributed by atoms with van der Waals surface area (Å²) < 4.78 is 7.21. The third-order valence-electron chi connectivity index (χ3n) is 4.15. The lowest BCUT2D eigenvalue weighted by Crippen LogP contribution is -2.20. The molecule has 3 heterocycles. The van der Waals surface area contributed by atoms with Crippen LogP contribution in [0.5, 0.6) is 0 Å². The molecule has 0 spiro atoms. The van der Waals surface area contributed by atoms with Gasteiger partial charge in [0.05, 0.1) is 18.3 Å². The molecule has 0 unspecified atom stereocenters. The number of benzene rings is 1. The fourth-order valence-electron chi connectivity index (χ4n) is 2.68. The summed E-state index contributed by atoms with van der Waals surface area (Å²) in [6.07, 6.45) is 1.55. The van der Waals surface area contributed by atoms with Crippen molar-refractivity contribution in [2.45, 2.75) is 20.4 Å². The van der Waals surface area contributed by atoms with E-state index in [1.807, 2.05) is 32.0 Å². The van der Waals surface area contributed by atoms with Crippen LogP contribution in [0, 0.1) is 13.8 Å². The van der Waals surface area contributed by atoms with Crippen LogP contribution in [0.15, 0.2) is 45.9 Å². The Morgan fingerprint density at radius 2 is 1.96 bits per heavy atom. The van der Waals surface area contributed by atoms with Gasteiger partial charge in [0.1, 0.15) is 5.52 Å². The van der Waals surface area contributed by atoms with Crippen LogP contribution in [0.4, 0.5) is 0 Å². The van der Waals surface area contributed by atoms with Gasteiger partial charge in [-0.15, -0.1) is 0 Å². The molecule has 5 nitrogen and oxygen atoms in total. The maximum atomic E-state index is 12.7. The van der Waals surface area contributed by atoms with Crippen LogP contribution in [0.2, 0.25) is 5.02 Å². The summed E-state index contributed by atoms with van der Waals surface area (Å²) >= 11 is 5.89.